The molecule has 0 unspecified atom stereocenters. The standard InChI is InChI=1S/C21H20F2N4O2/c22-18-4-1-15(2-5-18)13-25-21(28)27-9-7-19(8-10-27)26-29-14-16-3-6-20(23)17(11-16)12-24/h1-6,11H,7-10,13-14H2,(H,25,28). The van der Waals surface area contributed by atoms with Gasteiger partial charge in [-0.1, -0.05) is 23.4 Å². The van der Waals surface area contributed by atoms with Crippen LogP contribution in [-0.4, -0.2) is 29.7 Å². The van der Waals surface area contributed by atoms with E-state index in [9.17, 15) is 13.6 Å². The average Bonchev–Trinajstić information content (AvgIpc) is 2.75. The van der Waals surface area contributed by atoms with Crippen molar-refractivity contribution in [1.29, 1.82) is 5.26 Å². The fraction of sp³-hybridized carbons (Fsp3) is 0.286. The minimum atomic E-state index is -0.562. The van der Waals surface area contributed by atoms with Crippen molar-refractivity contribution in [3.8, 4) is 6.07 Å². The molecule has 1 aliphatic rings. The van der Waals surface area contributed by atoms with Crippen molar-refractivity contribution < 1.29 is 18.4 Å². The molecule has 1 aliphatic heterocycles. The van der Waals surface area contributed by atoms with E-state index in [2.05, 4.69) is 10.5 Å². The van der Waals surface area contributed by atoms with Gasteiger partial charge < -0.3 is 15.1 Å². The smallest absolute Gasteiger partial charge is 0.317 e. The number of nitrogens with zero attached hydrogens (tertiary/aromatic N) is 3. The van der Waals surface area contributed by atoms with Gasteiger partial charge in [0.1, 0.15) is 24.3 Å². The van der Waals surface area contributed by atoms with E-state index in [1.165, 1.54) is 24.3 Å². The Labute approximate surface area is 167 Å². The van der Waals surface area contributed by atoms with Crippen LogP contribution in [0.4, 0.5) is 13.6 Å². The molecule has 0 radical (unpaired) electrons. The molecule has 0 aromatic heterocycles. The summed E-state index contributed by atoms with van der Waals surface area (Å²) in [4.78, 5) is 19.3. The largest absolute Gasteiger partial charge is 0.391 e. The first kappa shape index (κ1) is 20.3. The summed E-state index contributed by atoms with van der Waals surface area (Å²) in [6, 6.07) is 11.8. The van der Waals surface area contributed by atoms with Crippen molar-refractivity contribution in [2.45, 2.75) is 26.0 Å². The summed E-state index contributed by atoms with van der Waals surface area (Å²) in [6.45, 7) is 1.52. The highest BCUT2D eigenvalue weighted by molar-refractivity contribution is 5.87. The predicted octanol–water partition coefficient (Wildman–Crippen LogP) is 3.71. The summed E-state index contributed by atoms with van der Waals surface area (Å²) in [7, 11) is 0. The van der Waals surface area contributed by atoms with E-state index >= 15 is 0 Å². The Morgan fingerprint density at radius 2 is 1.83 bits per heavy atom. The minimum absolute atomic E-state index is 0.0290. The summed E-state index contributed by atoms with van der Waals surface area (Å²) in [5, 5.41) is 15.8. The monoisotopic (exact) mass is 398 g/mol. The quantitative estimate of drug-likeness (QED) is 0.780. The zero-order chi connectivity index (χ0) is 20.6. The molecule has 8 heteroatoms. The number of likely N-dealkylation sites (tertiary alicyclic amines) is 1. The normalized spacial score (nSPS) is 13.6. The van der Waals surface area contributed by atoms with Gasteiger partial charge in [-0.05, 0) is 35.4 Å². The third kappa shape index (κ3) is 5.75. The third-order valence-corrected chi connectivity index (χ3v) is 4.56. The first-order chi connectivity index (χ1) is 14.0. The topological polar surface area (TPSA) is 77.7 Å². The zero-order valence-electron chi connectivity index (χ0n) is 15.7. The average molecular weight is 398 g/mol. The molecular weight excluding hydrogens is 378 g/mol. The number of benzene rings is 2. The Kier molecular flexibility index (Phi) is 6.74. The van der Waals surface area contributed by atoms with E-state index in [0.717, 1.165) is 11.3 Å². The lowest BCUT2D eigenvalue weighted by Crippen LogP contribution is -2.44. The molecule has 2 aromatic carbocycles. The van der Waals surface area contributed by atoms with Gasteiger partial charge in [0.05, 0.1) is 11.3 Å². The van der Waals surface area contributed by atoms with Crippen molar-refractivity contribution in [3.05, 3.63) is 70.8 Å². The highest BCUT2D eigenvalue weighted by Gasteiger charge is 2.20. The van der Waals surface area contributed by atoms with E-state index in [1.807, 2.05) is 0 Å². The molecule has 0 bridgehead atoms. The van der Waals surface area contributed by atoms with Crippen molar-refractivity contribution in [3.63, 3.8) is 0 Å². The lowest BCUT2D eigenvalue weighted by atomic mass is 10.1. The molecule has 0 saturated carbocycles. The molecule has 0 atom stereocenters. The Balaban J connectivity index is 1.42. The lowest BCUT2D eigenvalue weighted by molar-refractivity contribution is 0.127. The molecule has 1 saturated heterocycles. The Bertz CT molecular complexity index is 929. The molecule has 150 valence electrons. The SMILES string of the molecule is N#Cc1cc(CON=C2CCN(C(=O)NCc3ccc(F)cc3)CC2)ccc1F. The molecule has 1 heterocycles. The van der Waals surface area contributed by atoms with Crippen molar-refractivity contribution >= 4 is 11.7 Å². The van der Waals surface area contributed by atoms with Gasteiger partial charge in [-0.3, -0.25) is 0 Å². The highest BCUT2D eigenvalue weighted by Crippen LogP contribution is 2.12. The molecule has 29 heavy (non-hydrogen) atoms. The maximum absolute atomic E-state index is 13.3. The van der Waals surface area contributed by atoms with Crippen LogP contribution < -0.4 is 5.32 Å². The molecular formula is C21H20F2N4O2. The van der Waals surface area contributed by atoms with E-state index < -0.39 is 5.82 Å². The fourth-order valence-corrected chi connectivity index (χ4v) is 2.90. The number of nitriles is 1. The highest BCUT2D eigenvalue weighted by atomic mass is 19.1. The van der Waals surface area contributed by atoms with Crippen molar-refractivity contribution in [2.24, 2.45) is 5.16 Å². The van der Waals surface area contributed by atoms with Gasteiger partial charge in [-0.15, -0.1) is 0 Å². The predicted molar refractivity (Wildman–Crippen MR) is 103 cm³/mol. The van der Waals surface area contributed by atoms with Crippen LogP contribution >= 0.6 is 0 Å². The van der Waals surface area contributed by atoms with E-state index in [0.29, 0.717) is 38.0 Å². The molecule has 1 N–H and O–H groups in total. The first-order valence-electron chi connectivity index (χ1n) is 9.18. The van der Waals surface area contributed by atoms with Crippen LogP contribution in [0.1, 0.15) is 29.5 Å². The Hall–Kier alpha value is -3.47. The number of carbonyl (C=O) groups is 1. The van der Waals surface area contributed by atoms with Crippen LogP contribution in [0, 0.1) is 23.0 Å². The number of oxime groups is 1. The minimum Gasteiger partial charge on any atom is -0.391 e. The maximum Gasteiger partial charge on any atom is 0.317 e. The molecule has 0 spiro atoms. The van der Waals surface area contributed by atoms with E-state index in [-0.39, 0.29) is 24.0 Å². The Morgan fingerprint density at radius 3 is 2.52 bits per heavy atom. The number of hydrogen-bond donors (Lipinski definition) is 1. The van der Waals surface area contributed by atoms with Gasteiger partial charge in [-0.2, -0.15) is 5.26 Å². The summed E-state index contributed by atoms with van der Waals surface area (Å²) < 4.78 is 26.2. The summed E-state index contributed by atoms with van der Waals surface area (Å²) >= 11 is 0. The van der Waals surface area contributed by atoms with Gasteiger partial charge in [0.25, 0.3) is 0 Å². The van der Waals surface area contributed by atoms with Crippen LogP contribution in [0.15, 0.2) is 47.6 Å². The van der Waals surface area contributed by atoms with Crippen molar-refractivity contribution in [1.82, 2.24) is 10.2 Å². The van der Waals surface area contributed by atoms with Crippen LogP contribution in [0.2, 0.25) is 0 Å². The van der Waals surface area contributed by atoms with Crippen molar-refractivity contribution in [2.75, 3.05) is 13.1 Å². The number of carbonyl (C=O) groups excluding carboxylic acids is 1. The van der Waals surface area contributed by atoms with Crippen LogP contribution in [0.3, 0.4) is 0 Å². The number of halogens is 2. The summed E-state index contributed by atoms with van der Waals surface area (Å²) in [5.74, 6) is -0.872. The molecule has 1 fully saturated rings. The lowest BCUT2D eigenvalue weighted by Gasteiger charge is -2.27. The van der Waals surface area contributed by atoms with E-state index in [1.54, 1.807) is 29.2 Å². The Morgan fingerprint density at radius 1 is 1.14 bits per heavy atom. The number of amides is 2. The van der Waals surface area contributed by atoms with Crippen LogP contribution in [0.5, 0.6) is 0 Å². The number of rotatable bonds is 5. The maximum atomic E-state index is 13.3. The second-order valence-electron chi connectivity index (χ2n) is 6.63. The first-order valence-corrected chi connectivity index (χ1v) is 9.18. The molecule has 2 aromatic rings. The van der Waals surface area contributed by atoms with Gasteiger partial charge in [-0.25, -0.2) is 13.6 Å². The second-order valence-corrected chi connectivity index (χ2v) is 6.63. The third-order valence-electron chi connectivity index (χ3n) is 4.56. The summed E-state index contributed by atoms with van der Waals surface area (Å²) in [5.41, 5.74) is 2.30. The van der Waals surface area contributed by atoms with Gasteiger partial charge in [0.2, 0.25) is 0 Å². The van der Waals surface area contributed by atoms with Gasteiger partial charge in [0, 0.05) is 32.5 Å². The molecule has 3 rings (SSSR count). The van der Waals surface area contributed by atoms with Gasteiger partial charge >= 0.3 is 6.03 Å². The van der Waals surface area contributed by atoms with Crippen LogP contribution in [0.25, 0.3) is 0 Å². The second kappa shape index (κ2) is 9.64. The summed E-state index contributed by atoms with van der Waals surface area (Å²) in [6.07, 6.45) is 1.19. The number of hydrogen-bond acceptors (Lipinski definition) is 4. The van der Waals surface area contributed by atoms with E-state index in [4.69, 9.17) is 10.1 Å². The molecule has 6 nitrogen and oxygen atoms in total. The number of nitrogens with one attached hydrogen (secondary N) is 1. The molecule has 0 aliphatic carbocycles. The van der Waals surface area contributed by atoms with Gasteiger partial charge in [0.15, 0.2) is 0 Å². The molecule has 2 amide bonds. The fourth-order valence-electron chi connectivity index (χ4n) is 2.90. The number of urea groups is 1. The van der Waals surface area contributed by atoms with Crippen LogP contribution in [-0.2, 0) is 18.0 Å². The zero-order valence-corrected chi connectivity index (χ0v) is 15.7. The number of piperidine rings is 1.